The van der Waals surface area contributed by atoms with Crippen LogP contribution in [-0.2, 0) is 14.3 Å². The molecule has 2 fully saturated rings. The Morgan fingerprint density at radius 2 is 2.00 bits per heavy atom. The summed E-state index contributed by atoms with van der Waals surface area (Å²) in [4.78, 5) is 24.6. The highest BCUT2D eigenvalue weighted by Gasteiger charge is 2.51. The van der Waals surface area contributed by atoms with E-state index in [-0.39, 0.29) is 23.5 Å². The van der Waals surface area contributed by atoms with Crippen molar-refractivity contribution >= 4 is 11.9 Å². The Balaban J connectivity index is 1.99. The monoisotopic (exact) mass is 241 g/mol. The first-order valence-corrected chi connectivity index (χ1v) is 5.99. The molecule has 1 aliphatic heterocycles. The first-order chi connectivity index (χ1) is 7.80. The number of carbonyl (C=O) groups excluding carboxylic acids is 1. The largest absolute Gasteiger partial charge is 0.481 e. The van der Waals surface area contributed by atoms with Crippen molar-refractivity contribution in [2.24, 2.45) is 11.8 Å². The number of hydrogen-bond acceptors (Lipinski definition) is 3. The zero-order valence-electron chi connectivity index (χ0n) is 10.5. The van der Waals surface area contributed by atoms with E-state index in [1.807, 2.05) is 20.8 Å². The molecule has 96 valence electrons. The number of morpholine rings is 1. The predicted octanol–water partition coefficient (Wildman–Crippen LogP) is 0.733. The van der Waals surface area contributed by atoms with Crippen LogP contribution in [0, 0.1) is 11.8 Å². The molecule has 1 heterocycles. The molecule has 0 bridgehead atoms. The summed E-state index contributed by atoms with van der Waals surface area (Å²) in [6, 6.07) is 0. The summed E-state index contributed by atoms with van der Waals surface area (Å²) < 4.78 is 5.72. The molecule has 2 aliphatic rings. The number of aliphatic carboxylic acids is 1. The summed E-state index contributed by atoms with van der Waals surface area (Å²) >= 11 is 0. The van der Waals surface area contributed by atoms with Gasteiger partial charge in [-0.3, -0.25) is 9.59 Å². The molecule has 3 atom stereocenters. The molecule has 0 radical (unpaired) electrons. The minimum absolute atomic E-state index is 0.00438. The molecule has 5 heteroatoms. The number of carboxylic acids is 1. The fourth-order valence-electron chi connectivity index (χ4n) is 2.60. The SMILES string of the molecule is CC1CN(C(=O)[C@@H]2C[C@@H]2C(=O)O)CC(C)(C)O1. The van der Waals surface area contributed by atoms with Crippen LogP contribution >= 0.6 is 0 Å². The van der Waals surface area contributed by atoms with Crippen molar-refractivity contribution in [3.63, 3.8) is 0 Å². The molecular formula is C12H19NO4. The number of hydrogen-bond donors (Lipinski definition) is 1. The minimum atomic E-state index is -0.857. The van der Waals surface area contributed by atoms with Crippen molar-refractivity contribution in [1.29, 1.82) is 0 Å². The third kappa shape index (κ3) is 2.60. The second-order valence-electron chi connectivity index (χ2n) is 5.69. The summed E-state index contributed by atoms with van der Waals surface area (Å²) in [7, 11) is 0. The maximum Gasteiger partial charge on any atom is 0.307 e. The van der Waals surface area contributed by atoms with E-state index in [1.54, 1.807) is 4.90 Å². The first-order valence-electron chi connectivity index (χ1n) is 5.99. The number of rotatable bonds is 2. The Kier molecular flexibility index (Phi) is 2.89. The van der Waals surface area contributed by atoms with Crippen LogP contribution in [0.4, 0.5) is 0 Å². The minimum Gasteiger partial charge on any atom is -0.481 e. The molecule has 0 spiro atoms. The van der Waals surface area contributed by atoms with E-state index in [2.05, 4.69) is 0 Å². The quantitative estimate of drug-likeness (QED) is 0.774. The molecule has 0 aromatic carbocycles. The van der Waals surface area contributed by atoms with Gasteiger partial charge in [0.05, 0.1) is 23.5 Å². The summed E-state index contributed by atoms with van der Waals surface area (Å²) in [5.74, 6) is -1.66. The van der Waals surface area contributed by atoms with Crippen LogP contribution < -0.4 is 0 Å². The molecule has 1 saturated heterocycles. The van der Waals surface area contributed by atoms with E-state index in [1.165, 1.54) is 0 Å². The smallest absolute Gasteiger partial charge is 0.307 e. The van der Waals surface area contributed by atoms with Crippen molar-refractivity contribution in [3.05, 3.63) is 0 Å². The average Bonchev–Trinajstić information content (AvgIpc) is 2.92. The zero-order chi connectivity index (χ0) is 12.8. The van der Waals surface area contributed by atoms with Gasteiger partial charge in [0, 0.05) is 13.1 Å². The van der Waals surface area contributed by atoms with Gasteiger partial charge in [0.15, 0.2) is 0 Å². The van der Waals surface area contributed by atoms with E-state index in [4.69, 9.17) is 9.84 Å². The number of carbonyl (C=O) groups is 2. The fraction of sp³-hybridized carbons (Fsp3) is 0.833. The van der Waals surface area contributed by atoms with E-state index in [9.17, 15) is 9.59 Å². The van der Waals surface area contributed by atoms with E-state index >= 15 is 0 Å². The van der Waals surface area contributed by atoms with Crippen molar-refractivity contribution in [3.8, 4) is 0 Å². The Bertz CT molecular complexity index is 352. The molecular weight excluding hydrogens is 222 g/mol. The standard InChI is InChI=1S/C12H19NO4/c1-7-5-13(6-12(2,3)17-7)10(14)8-4-9(8)11(15)16/h7-9H,4-6H2,1-3H3,(H,15,16)/t7?,8-,9+/m1/s1. The molecule has 5 nitrogen and oxygen atoms in total. The van der Waals surface area contributed by atoms with Crippen LogP contribution in [0.2, 0.25) is 0 Å². The van der Waals surface area contributed by atoms with Crippen molar-refractivity contribution in [2.45, 2.75) is 38.9 Å². The van der Waals surface area contributed by atoms with Crippen molar-refractivity contribution in [2.75, 3.05) is 13.1 Å². The molecule has 1 aliphatic carbocycles. The average molecular weight is 241 g/mol. The van der Waals surface area contributed by atoms with Crippen LogP contribution in [0.15, 0.2) is 0 Å². The Morgan fingerprint density at radius 3 is 2.47 bits per heavy atom. The normalized spacial score (nSPS) is 35.5. The van der Waals surface area contributed by atoms with E-state index < -0.39 is 11.9 Å². The van der Waals surface area contributed by atoms with Gasteiger partial charge in [-0.15, -0.1) is 0 Å². The third-order valence-electron chi connectivity index (χ3n) is 3.31. The zero-order valence-corrected chi connectivity index (χ0v) is 10.5. The first kappa shape index (κ1) is 12.4. The van der Waals surface area contributed by atoms with Gasteiger partial charge < -0.3 is 14.7 Å². The topological polar surface area (TPSA) is 66.8 Å². The Labute approximate surface area is 101 Å². The molecule has 0 aromatic heterocycles. The van der Waals surface area contributed by atoms with Gasteiger partial charge in [0.2, 0.25) is 5.91 Å². The number of amides is 1. The number of carboxylic acid groups (broad SMARTS) is 1. The highest BCUT2D eigenvalue weighted by Crippen LogP contribution is 2.40. The van der Waals surface area contributed by atoms with Crippen molar-refractivity contribution < 1.29 is 19.4 Å². The molecule has 0 aromatic rings. The Morgan fingerprint density at radius 1 is 1.35 bits per heavy atom. The predicted molar refractivity (Wildman–Crippen MR) is 60.4 cm³/mol. The van der Waals surface area contributed by atoms with Gasteiger partial charge in [-0.25, -0.2) is 0 Å². The summed E-state index contributed by atoms with van der Waals surface area (Å²) in [6.45, 7) is 6.93. The Hall–Kier alpha value is -1.10. The summed E-state index contributed by atoms with van der Waals surface area (Å²) in [6.07, 6.45) is 0.491. The van der Waals surface area contributed by atoms with Crippen LogP contribution in [0.3, 0.4) is 0 Å². The molecule has 1 unspecified atom stereocenters. The maximum atomic E-state index is 12.1. The lowest BCUT2D eigenvalue weighted by molar-refractivity contribution is -0.160. The van der Waals surface area contributed by atoms with Crippen LogP contribution in [0.25, 0.3) is 0 Å². The van der Waals surface area contributed by atoms with Crippen molar-refractivity contribution in [1.82, 2.24) is 4.90 Å². The lowest BCUT2D eigenvalue weighted by Gasteiger charge is -2.41. The van der Waals surface area contributed by atoms with Crippen LogP contribution in [-0.4, -0.2) is 46.7 Å². The molecule has 1 amide bonds. The lowest BCUT2D eigenvalue weighted by atomic mass is 10.0. The van der Waals surface area contributed by atoms with Crippen LogP contribution in [0.1, 0.15) is 27.2 Å². The molecule has 1 saturated carbocycles. The van der Waals surface area contributed by atoms with Gasteiger partial charge in [-0.05, 0) is 27.2 Å². The summed E-state index contributed by atoms with van der Waals surface area (Å²) in [5.41, 5.74) is -0.346. The fourth-order valence-corrected chi connectivity index (χ4v) is 2.60. The second-order valence-corrected chi connectivity index (χ2v) is 5.69. The van der Waals surface area contributed by atoms with E-state index in [0.29, 0.717) is 19.5 Å². The lowest BCUT2D eigenvalue weighted by Crippen LogP contribution is -2.54. The highest BCUT2D eigenvalue weighted by molar-refractivity contribution is 5.89. The summed E-state index contributed by atoms with van der Waals surface area (Å²) in [5, 5.41) is 8.83. The van der Waals surface area contributed by atoms with E-state index in [0.717, 1.165) is 0 Å². The van der Waals surface area contributed by atoms with Gasteiger partial charge in [-0.1, -0.05) is 0 Å². The maximum absolute atomic E-state index is 12.1. The molecule has 2 rings (SSSR count). The molecule has 17 heavy (non-hydrogen) atoms. The second kappa shape index (κ2) is 3.98. The van der Waals surface area contributed by atoms with Gasteiger partial charge in [-0.2, -0.15) is 0 Å². The van der Waals surface area contributed by atoms with Crippen LogP contribution in [0.5, 0.6) is 0 Å². The molecule has 1 N–H and O–H groups in total. The number of nitrogens with zero attached hydrogens (tertiary/aromatic N) is 1. The van der Waals surface area contributed by atoms with Gasteiger partial charge >= 0.3 is 5.97 Å². The highest BCUT2D eigenvalue weighted by atomic mass is 16.5. The van der Waals surface area contributed by atoms with Gasteiger partial charge in [0.1, 0.15) is 0 Å². The number of ether oxygens (including phenoxy) is 1. The third-order valence-corrected chi connectivity index (χ3v) is 3.31. The van der Waals surface area contributed by atoms with Gasteiger partial charge in [0.25, 0.3) is 0 Å².